The van der Waals surface area contributed by atoms with Crippen molar-refractivity contribution in [1.29, 1.82) is 0 Å². The summed E-state index contributed by atoms with van der Waals surface area (Å²) in [5.41, 5.74) is 2.28. The molecule has 1 aromatic carbocycles. The van der Waals surface area contributed by atoms with E-state index in [2.05, 4.69) is 15.3 Å². The number of nitrogens with zero attached hydrogens (tertiary/aromatic N) is 3. The van der Waals surface area contributed by atoms with Crippen molar-refractivity contribution in [1.82, 2.24) is 20.2 Å². The van der Waals surface area contributed by atoms with Crippen LogP contribution in [-0.4, -0.2) is 59.0 Å². The second kappa shape index (κ2) is 9.06. The van der Waals surface area contributed by atoms with Crippen LogP contribution in [-0.2, 0) is 16.0 Å². The lowest BCUT2D eigenvalue weighted by Crippen LogP contribution is -2.61. The number of aromatic nitrogens is 2. The number of likely N-dealkylation sites (N-methyl/N-ethyl adjacent to an activating group) is 1. The first-order valence-electron chi connectivity index (χ1n) is 10.2. The van der Waals surface area contributed by atoms with Crippen molar-refractivity contribution < 1.29 is 14.3 Å². The maximum Gasteiger partial charge on any atom is 0.255 e. The highest BCUT2D eigenvalue weighted by molar-refractivity contribution is 5.95. The molecule has 3 aromatic rings. The summed E-state index contributed by atoms with van der Waals surface area (Å²) in [6, 6.07) is 15.3. The molecule has 1 atom stereocenters. The summed E-state index contributed by atoms with van der Waals surface area (Å²) in [5.74, 6) is -0.406. The second-order valence-corrected chi connectivity index (χ2v) is 7.51. The maximum atomic E-state index is 13.0. The number of amides is 2. The first kappa shape index (κ1) is 20.7. The van der Waals surface area contributed by atoms with Gasteiger partial charge in [-0.3, -0.25) is 19.6 Å². The Hall–Kier alpha value is -3.58. The van der Waals surface area contributed by atoms with Crippen LogP contribution in [0.5, 0.6) is 0 Å². The van der Waals surface area contributed by atoms with Gasteiger partial charge in [-0.05, 0) is 34.9 Å². The SMILES string of the molecule is CNC(=O)C1(Cc2cccc(-c3cccnc3)c2)CN(C(=O)c2cccnc2)CCO1. The zero-order valence-electron chi connectivity index (χ0n) is 17.3. The molecule has 1 aliphatic rings. The van der Waals surface area contributed by atoms with Crippen molar-refractivity contribution in [3.63, 3.8) is 0 Å². The minimum Gasteiger partial charge on any atom is -0.361 e. The summed E-state index contributed by atoms with van der Waals surface area (Å²) in [7, 11) is 1.58. The van der Waals surface area contributed by atoms with Crippen molar-refractivity contribution in [2.24, 2.45) is 0 Å². The lowest BCUT2D eigenvalue weighted by molar-refractivity contribution is -0.156. The van der Waals surface area contributed by atoms with Gasteiger partial charge in [0, 0.05) is 44.8 Å². The van der Waals surface area contributed by atoms with Crippen LogP contribution < -0.4 is 5.32 Å². The molecule has 0 aliphatic carbocycles. The Kier molecular flexibility index (Phi) is 6.04. The van der Waals surface area contributed by atoms with Crippen LogP contribution in [0.25, 0.3) is 11.1 Å². The Labute approximate surface area is 181 Å². The molecule has 1 unspecified atom stereocenters. The van der Waals surface area contributed by atoms with E-state index in [-0.39, 0.29) is 25.0 Å². The van der Waals surface area contributed by atoms with E-state index < -0.39 is 5.60 Å². The van der Waals surface area contributed by atoms with Gasteiger partial charge in [0.05, 0.1) is 18.7 Å². The van der Waals surface area contributed by atoms with E-state index in [1.165, 1.54) is 6.20 Å². The van der Waals surface area contributed by atoms with E-state index in [0.717, 1.165) is 16.7 Å². The van der Waals surface area contributed by atoms with Crippen LogP contribution in [0.1, 0.15) is 15.9 Å². The highest BCUT2D eigenvalue weighted by Gasteiger charge is 2.44. The largest absolute Gasteiger partial charge is 0.361 e. The number of hydrogen-bond acceptors (Lipinski definition) is 5. The first-order valence-corrected chi connectivity index (χ1v) is 10.2. The Morgan fingerprint density at radius 2 is 1.84 bits per heavy atom. The van der Waals surface area contributed by atoms with Crippen LogP contribution in [0, 0.1) is 0 Å². The van der Waals surface area contributed by atoms with Gasteiger partial charge >= 0.3 is 0 Å². The third kappa shape index (κ3) is 4.46. The smallest absolute Gasteiger partial charge is 0.255 e. The van der Waals surface area contributed by atoms with E-state index in [1.807, 2.05) is 36.4 Å². The molecule has 4 rings (SSSR count). The van der Waals surface area contributed by atoms with Gasteiger partial charge in [-0.15, -0.1) is 0 Å². The second-order valence-electron chi connectivity index (χ2n) is 7.51. The Balaban J connectivity index is 1.61. The van der Waals surface area contributed by atoms with Gasteiger partial charge in [0.1, 0.15) is 0 Å². The first-order chi connectivity index (χ1) is 15.1. The summed E-state index contributed by atoms with van der Waals surface area (Å²) in [6.45, 7) is 0.863. The molecule has 1 saturated heterocycles. The van der Waals surface area contributed by atoms with Gasteiger partial charge in [-0.2, -0.15) is 0 Å². The Morgan fingerprint density at radius 1 is 1.06 bits per heavy atom. The molecule has 31 heavy (non-hydrogen) atoms. The fraction of sp³-hybridized carbons (Fsp3) is 0.250. The van der Waals surface area contributed by atoms with Crippen molar-refractivity contribution in [2.45, 2.75) is 12.0 Å². The Bertz CT molecular complexity index is 1060. The molecule has 1 fully saturated rings. The normalized spacial score (nSPS) is 18.4. The predicted molar refractivity (Wildman–Crippen MR) is 116 cm³/mol. The minimum atomic E-state index is -1.17. The van der Waals surface area contributed by atoms with Crippen LogP contribution in [0.2, 0.25) is 0 Å². The zero-order chi connectivity index (χ0) is 21.7. The van der Waals surface area contributed by atoms with Crippen LogP contribution in [0.4, 0.5) is 0 Å². The van der Waals surface area contributed by atoms with Gasteiger partial charge < -0.3 is 15.0 Å². The quantitative estimate of drug-likeness (QED) is 0.690. The average molecular weight is 416 g/mol. The number of pyridine rings is 2. The lowest BCUT2D eigenvalue weighted by atomic mass is 9.89. The molecule has 0 saturated carbocycles. The van der Waals surface area contributed by atoms with Crippen LogP contribution >= 0.6 is 0 Å². The van der Waals surface area contributed by atoms with Gasteiger partial charge in [0.15, 0.2) is 5.60 Å². The molecule has 2 aromatic heterocycles. The standard InChI is InChI=1S/C24H24N4O3/c1-25-23(30)24(14-18-5-2-6-19(13-18)20-7-3-9-26-15-20)17-28(11-12-31-24)22(29)21-8-4-10-27-16-21/h2-10,13,15-16H,11-12,14,17H2,1H3,(H,25,30). The zero-order valence-corrected chi connectivity index (χ0v) is 17.3. The minimum absolute atomic E-state index is 0.159. The highest BCUT2D eigenvalue weighted by atomic mass is 16.5. The molecule has 0 spiro atoms. The average Bonchev–Trinajstić information content (AvgIpc) is 2.84. The number of ether oxygens (including phenoxy) is 1. The van der Waals surface area contributed by atoms with Crippen LogP contribution in [0.3, 0.4) is 0 Å². The monoisotopic (exact) mass is 416 g/mol. The summed E-state index contributed by atoms with van der Waals surface area (Å²) < 4.78 is 6.05. The number of rotatable bonds is 5. The topological polar surface area (TPSA) is 84.4 Å². The van der Waals surface area contributed by atoms with E-state index in [1.54, 1.807) is 42.7 Å². The van der Waals surface area contributed by atoms with Gasteiger partial charge in [-0.1, -0.05) is 30.3 Å². The highest BCUT2D eigenvalue weighted by Crippen LogP contribution is 2.27. The maximum absolute atomic E-state index is 13.0. The number of hydrogen-bond donors (Lipinski definition) is 1. The van der Waals surface area contributed by atoms with Crippen LogP contribution in [0.15, 0.2) is 73.3 Å². The molecular weight excluding hydrogens is 392 g/mol. The van der Waals surface area contributed by atoms with E-state index in [4.69, 9.17) is 4.74 Å². The third-order valence-electron chi connectivity index (χ3n) is 5.43. The molecule has 7 nitrogen and oxygen atoms in total. The summed E-state index contributed by atoms with van der Waals surface area (Å²) >= 11 is 0. The number of nitrogens with one attached hydrogen (secondary N) is 1. The third-order valence-corrected chi connectivity index (χ3v) is 5.43. The number of carbonyl (C=O) groups is 2. The molecule has 0 radical (unpaired) electrons. The molecular formula is C24H24N4O3. The van der Waals surface area contributed by atoms with E-state index in [0.29, 0.717) is 18.5 Å². The Morgan fingerprint density at radius 3 is 2.55 bits per heavy atom. The fourth-order valence-electron chi connectivity index (χ4n) is 3.91. The number of benzene rings is 1. The van der Waals surface area contributed by atoms with Gasteiger partial charge in [0.2, 0.25) is 0 Å². The van der Waals surface area contributed by atoms with Gasteiger partial charge in [0.25, 0.3) is 11.8 Å². The van der Waals surface area contributed by atoms with Gasteiger partial charge in [-0.25, -0.2) is 0 Å². The number of carbonyl (C=O) groups excluding carboxylic acids is 2. The summed E-state index contributed by atoms with van der Waals surface area (Å²) in [5, 5.41) is 2.72. The summed E-state index contributed by atoms with van der Waals surface area (Å²) in [6.07, 6.45) is 7.05. The molecule has 0 bridgehead atoms. The molecule has 1 N–H and O–H groups in total. The predicted octanol–water partition coefficient (Wildman–Crippen LogP) is 2.34. The van der Waals surface area contributed by atoms with E-state index >= 15 is 0 Å². The molecule has 7 heteroatoms. The van der Waals surface area contributed by atoms with Crippen molar-refractivity contribution >= 4 is 11.8 Å². The van der Waals surface area contributed by atoms with Crippen molar-refractivity contribution in [3.05, 3.63) is 84.4 Å². The molecule has 1 aliphatic heterocycles. The molecule has 3 heterocycles. The molecule has 158 valence electrons. The molecule has 2 amide bonds. The lowest BCUT2D eigenvalue weighted by Gasteiger charge is -2.41. The fourth-order valence-corrected chi connectivity index (χ4v) is 3.91. The van der Waals surface area contributed by atoms with Crippen molar-refractivity contribution in [2.75, 3.05) is 26.7 Å². The van der Waals surface area contributed by atoms with E-state index in [9.17, 15) is 9.59 Å². The van der Waals surface area contributed by atoms with Crippen molar-refractivity contribution in [3.8, 4) is 11.1 Å². The number of morpholine rings is 1. The summed E-state index contributed by atoms with van der Waals surface area (Å²) in [4.78, 5) is 35.8.